The van der Waals surface area contributed by atoms with Gasteiger partial charge >= 0.3 is 0 Å². The van der Waals surface area contributed by atoms with Crippen LogP contribution >= 0.6 is 11.6 Å². The molecule has 1 saturated heterocycles. The van der Waals surface area contributed by atoms with Crippen LogP contribution in [0.3, 0.4) is 0 Å². The highest BCUT2D eigenvalue weighted by Gasteiger charge is 2.23. The smallest absolute Gasteiger partial charge is 0.253 e. The number of anilines is 1. The zero-order valence-electron chi connectivity index (χ0n) is 15.5. The van der Waals surface area contributed by atoms with Crippen molar-refractivity contribution in [1.82, 2.24) is 9.80 Å². The molecule has 3 rings (SSSR count). The van der Waals surface area contributed by atoms with Crippen molar-refractivity contribution in [2.75, 3.05) is 45.2 Å². The average Bonchev–Trinajstić information content (AvgIpc) is 2.69. The third-order valence-electron chi connectivity index (χ3n) is 4.55. The number of nitrogens with one attached hydrogen (secondary N) is 1. The number of carbonyl (C=O) groups is 2. The fraction of sp³-hybridized carbons (Fsp3) is 0.300. The molecular weight excluding hydrogens is 385 g/mol. The molecule has 0 radical (unpaired) electrons. The number of carbonyl (C=O) groups excluding carboxylic acids is 2. The summed E-state index contributed by atoms with van der Waals surface area (Å²) in [6, 6.07) is 10.5. The van der Waals surface area contributed by atoms with Gasteiger partial charge in [-0.25, -0.2) is 4.39 Å². The van der Waals surface area contributed by atoms with Crippen LogP contribution in [0.15, 0.2) is 42.5 Å². The molecule has 0 saturated carbocycles. The topological polar surface area (TPSA) is 61.9 Å². The van der Waals surface area contributed by atoms with Gasteiger partial charge in [-0.05, 0) is 42.5 Å². The zero-order chi connectivity index (χ0) is 20.1. The highest BCUT2D eigenvalue weighted by molar-refractivity contribution is 6.31. The molecule has 6 nitrogen and oxygen atoms in total. The maximum Gasteiger partial charge on any atom is 0.253 e. The Hall–Kier alpha value is -2.64. The van der Waals surface area contributed by atoms with E-state index in [1.807, 2.05) is 4.90 Å². The number of methoxy groups -OCH3 is 1. The summed E-state index contributed by atoms with van der Waals surface area (Å²) in [5.41, 5.74) is 0.978. The monoisotopic (exact) mass is 405 g/mol. The van der Waals surface area contributed by atoms with Crippen molar-refractivity contribution < 1.29 is 18.7 Å². The SMILES string of the molecule is COc1ccc(Cl)cc1NC(=O)CN1CCN(C(=O)c2ccc(F)cc2)CC1. The molecule has 0 aliphatic carbocycles. The van der Waals surface area contributed by atoms with Crippen molar-refractivity contribution in [2.45, 2.75) is 0 Å². The van der Waals surface area contributed by atoms with E-state index in [-0.39, 0.29) is 24.2 Å². The Morgan fingerprint density at radius 1 is 1.11 bits per heavy atom. The minimum Gasteiger partial charge on any atom is -0.495 e. The predicted octanol–water partition coefficient (Wildman–Crippen LogP) is 2.88. The lowest BCUT2D eigenvalue weighted by molar-refractivity contribution is -0.117. The van der Waals surface area contributed by atoms with Crippen LogP contribution in [0.25, 0.3) is 0 Å². The van der Waals surface area contributed by atoms with E-state index in [0.717, 1.165) is 0 Å². The average molecular weight is 406 g/mol. The number of nitrogens with zero attached hydrogens (tertiary/aromatic N) is 2. The number of amides is 2. The molecule has 28 heavy (non-hydrogen) atoms. The molecule has 1 N–H and O–H groups in total. The number of piperazine rings is 1. The fourth-order valence-electron chi connectivity index (χ4n) is 3.05. The summed E-state index contributed by atoms with van der Waals surface area (Å²) in [5, 5.41) is 3.31. The van der Waals surface area contributed by atoms with Crippen molar-refractivity contribution in [1.29, 1.82) is 0 Å². The van der Waals surface area contributed by atoms with Crippen LogP contribution in [-0.4, -0.2) is 61.4 Å². The van der Waals surface area contributed by atoms with Gasteiger partial charge in [-0.2, -0.15) is 0 Å². The van der Waals surface area contributed by atoms with Gasteiger partial charge in [-0.1, -0.05) is 11.6 Å². The van der Waals surface area contributed by atoms with Gasteiger partial charge in [0.25, 0.3) is 5.91 Å². The lowest BCUT2D eigenvalue weighted by Crippen LogP contribution is -2.50. The highest BCUT2D eigenvalue weighted by Crippen LogP contribution is 2.27. The van der Waals surface area contributed by atoms with E-state index in [1.54, 1.807) is 23.1 Å². The third kappa shape index (κ3) is 4.99. The van der Waals surface area contributed by atoms with Gasteiger partial charge in [0.2, 0.25) is 5.91 Å². The second-order valence-electron chi connectivity index (χ2n) is 6.47. The lowest BCUT2D eigenvalue weighted by atomic mass is 10.2. The molecule has 0 aromatic heterocycles. The fourth-order valence-corrected chi connectivity index (χ4v) is 3.23. The van der Waals surface area contributed by atoms with Gasteiger partial charge in [0.1, 0.15) is 11.6 Å². The summed E-state index contributed by atoms with van der Waals surface area (Å²) in [4.78, 5) is 28.5. The van der Waals surface area contributed by atoms with E-state index in [9.17, 15) is 14.0 Å². The molecule has 0 atom stereocenters. The van der Waals surface area contributed by atoms with E-state index in [0.29, 0.717) is 48.2 Å². The van der Waals surface area contributed by atoms with Crippen LogP contribution in [0.2, 0.25) is 5.02 Å². The van der Waals surface area contributed by atoms with Crippen LogP contribution in [0.4, 0.5) is 10.1 Å². The van der Waals surface area contributed by atoms with Gasteiger partial charge in [0, 0.05) is 36.8 Å². The standard InChI is InChI=1S/C20H21ClFN3O3/c1-28-18-7-4-15(21)12-17(18)23-19(26)13-24-8-10-25(11-9-24)20(27)14-2-5-16(22)6-3-14/h2-7,12H,8-11,13H2,1H3,(H,23,26). The van der Waals surface area contributed by atoms with E-state index >= 15 is 0 Å². The first-order valence-corrected chi connectivity index (χ1v) is 9.24. The molecule has 8 heteroatoms. The first kappa shape index (κ1) is 20.1. The van der Waals surface area contributed by atoms with Crippen LogP contribution < -0.4 is 10.1 Å². The van der Waals surface area contributed by atoms with Crippen molar-refractivity contribution in [2.24, 2.45) is 0 Å². The van der Waals surface area contributed by atoms with Crippen molar-refractivity contribution in [3.05, 3.63) is 58.9 Å². The summed E-state index contributed by atoms with van der Waals surface area (Å²) in [6.07, 6.45) is 0. The second-order valence-corrected chi connectivity index (χ2v) is 6.90. The van der Waals surface area contributed by atoms with Gasteiger partial charge in [-0.3, -0.25) is 14.5 Å². The van der Waals surface area contributed by atoms with Gasteiger partial charge < -0.3 is 15.0 Å². The second kappa shape index (κ2) is 9.03. The van der Waals surface area contributed by atoms with Crippen molar-refractivity contribution >= 4 is 29.1 Å². The van der Waals surface area contributed by atoms with Crippen molar-refractivity contribution in [3.8, 4) is 5.75 Å². The molecule has 1 heterocycles. The number of rotatable bonds is 5. The summed E-state index contributed by atoms with van der Waals surface area (Å²) < 4.78 is 18.2. The van der Waals surface area contributed by atoms with E-state index in [1.165, 1.54) is 31.4 Å². The minimum atomic E-state index is -0.372. The van der Waals surface area contributed by atoms with Crippen LogP contribution in [-0.2, 0) is 4.79 Å². The third-order valence-corrected chi connectivity index (χ3v) is 4.79. The van der Waals surface area contributed by atoms with E-state index in [4.69, 9.17) is 16.3 Å². The Bertz CT molecular complexity index is 852. The molecule has 0 bridgehead atoms. The highest BCUT2D eigenvalue weighted by atomic mass is 35.5. The van der Waals surface area contributed by atoms with E-state index < -0.39 is 0 Å². The Kier molecular flexibility index (Phi) is 6.49. The summed E-state index contributed by atoms with van der Waals surface area (Å²) in [7, 11) is 1.52. The Morgan fingerprint density at radius 2 is 1.79 bits per heavy atom. The number of hydrogen-bond acceptors (Lipinski definition) is 4. The maximum absolute atomic E-state index is 13.0. The van der Waals surface area contributed by atoms with Gasteiger partial charge in [0.15, 0.2) is 0 Å². The summed E-state index contributed by atoms with van der Waals surface area (Å²) in [5.74, 6) is -0.150. The molecule has 2 amide bonds. The molecule has 1 aliphatic rings. The molecule has 0 spiro atoms. The molecular formula is C20H21ClFN3O3. The molecule has 2 aromatic rings. The summed E-state index contributed by atoms with van der Waals surface area (Å²) >= 11 is 5.98. The Morgan fingerprint density at radius 3 is 2.43 bits per heavy atom. The van der Waals surface area contributed by atoms with Crippen LogP contribution in [0.1, 0.15) is 10.4 Å². The normalized spacial score (nSPS) is 14.6. The summed E-state index contributed by atoms with van der Waals surface area (Å²) in [6.45, 7) is 2.36. The number of halogens is 2. The molecule has 1 fully saturated rings. The first-order valence-electron chi connectivity index (χ1n) is 8.87. The largest absolute Gasteiger partial charge is 0.495 e. The Labute approximate surface area is 167 Å². The number of ether oxygens (including phenoxy) is 1. The molecule has 0 unspecified atom stereocenters. The van der Waals surface area contributed by atoms with Gasteiger partial charge in [-0.15, -0.1) is 0 Å². The molecule has 2 aromatic carbocycles. The Balaban J connectivity index is 1.51. The number of hydrogen-bond donors (Lipinski definition) is 1. The molecule has 148 valence electrons. The maximum atomic E-state index is 13.0. The van der Waals surface area contributed by atoms with Crippen LogP contribution in [0.5, 0.6) is 5.75 Å². The lowest BCUT2D eigenvalue weighted by Gasteiger charge is -2.34. The van der Waals surface area contributed by atoms with Crippen LogP contribution in [0, 0.1) is 5.82 Å². The first-order chi connectivity index (χ1) is 13.5. The van der Waals surface area contributed by atoms with E-state index in [2.05, 4.69) is 5.32 Å². The number of benzene rings is 2. The quantitative estimate of drug-likeness (QED) is 0.830. The minimum absolute atomic E-state index is 0.132. The predicted molar refractivity (Wildman–Crippen MR) is 105 cm³/mol. The molecule has 1 aliphatic heterocycles. The van der Waals surface area contributed by atoms with Crippen molar-refractivity contribution in [3.63, 3.8) is 0 Å². The zero-order valence-corrected chi connectivity index (χ0v) is 16.2. The van der Waals surface area contributed by atoms with Gasteiger partial charge in [0.05, 0.1) is 19.3 Å².